The summed E-state index contributed by atoms with van der Waals surface area (Å²) in [7, 11) is 0. The van der Waals surface area contributed by atoms with E-state index in [4.69, 9.17) is 9.97 Å². The van der Waals surface area contributed by atoms with Gasteiger partial charge in [0.1, 0.15) is 23.5 Å². The number of aromatic nitrogens is 8. The molecule has 4 atom stereocenters. The van der Waals surface area contributed by atoms with E-state index in [0.29, 0.717) is 31.3 Å². The highest BCUT2D eigenvalue weighted by Gasteiger charge is 2.38. The smallest absolute Gasteiger partial charge is 0.246 e. The molecule has 0 unspecified atom stereocenters. The quantitative estimate of drug-likeness (QED) is 0.110. The summed E-state index contributed by atoms with van der Waals surface area (Å²) in [6, 6.07) is 24.1. The highest BCUT2D eigenvalue weighted by atomic mass is 16.2. The standard InChI is InChI=1S/C47H51N11O2/c1-28(2)34(27-41-48-19-7-20-49-41)45(59)57-23-5-9-39(57)43-52-35-17-15-32(25-37(35)54-43)30-11-13-31(14-12-30)33-16-18-36-38(26-33)55-44(53-36)40-10-6-24-58(40)46(60)42(29(3)4)56-47-50-21-8-22-51-47/h7-8,11-22,25-26,28-29,34,39-40,42H,5-6,9-10,23-24,27H2,1-4H3,(H,52,54)(H,53,55)(H,50,51,56)/t34-,39-,40-,42-/m0/s1. The number of hydrogen-bond acceptors (Lipinski definition) is 9. The van der Waals surface area contributed by atoms with E-state index < -0.39 is 6.04 Å². The van der Waals surface area contributed by atoms with Crippen molar-refractivity contribution in [3.8, 4) is 22.3 Å². The van der Waals surface area contributed by atoms with Crippen molar-refractivity contribution in [3.05, 3.63) is 115 Å². The summed E-state index contributed by atoms with van der Waals surface area (Å²) in [6.07, 6.45) is 10.9. The van der Waals surface area contributed by atoms with Crippen molar-refractivity contribution in [2.75, 3.05) is 18.4 Å². The maximum absolute atomic E-state index is 14.0. The number of fused-ring (bicyclic) bond motifs is 2. The van der Waals surface area contributed by atoms with E-state index in [-0.39, 0.29) is 41.7 Å². The van der Waals surface area contributed by atoms with Gasteiger partial charge in [-0.1, -0.05) is 64.1 Å². The molecule has 2 aliphatic rings. The number of rotatable bonds is 12. The molecule has 0 spiro atoms. The Kier molecular flexibility index (Phi) is 10.8. The molecule has 2 saturated heterocycles. The zero-order chi connectivity index (χ0) is 41.3. The lowest BCUT2D eigenvalue weighted by Gasteiger charge is -2.30. The Bertz CT molecular complexity index is 2420. The fraction of sp³-hybridized carbons (Fsp3) is 0.362. The first-order valence-electron chi connectivity index (χ1n) is 21.2. The first-order valence-corrected chi connectivity index (χ1v) is 21.2. The van der Waals surface area contributed by atoms with Gasteiger partial charge in [-0.15, -0.1) is 0 Å². The number of nitrogens with zero attached hydrogens (tertiary/aromatic N) is 8. The molecule has 0 radical (unpaired) electrons. The normalized spacial score (nSPS) is 17.9. The van der Waals surface area contributed by atoms with Crippen LogP contribution in [0.15, 0.2) is 97.6 Å². The van der Waals surface area contributed by atoms with Gasteiger partial charge in [-0.2, -0.15) is 0 Å². The van der Waals surface area contributed by atoms with E-state index in [0.717, 1.165) is 81.7 Å². The van der Waals surface area contributed by atoms with E-state index in [1.807, 2.05) is 29.7 Å². The molecule has 0 saturated carbocycles. The number of hydrogen-bond donors (Lipinski definition) is 3. The zero-order valence-electron chi connectivity index (χ0n) is 34.5. The largest absolute Gasteiger partial charge is 0.342 e. The van der Waals surface area contributed by atoms with Crippen molar-refractivity contribution in [3.63, 3.8) is 0 Å². The van der Waals surface area contributed by atoms with Crippen LogP contribution in [-0.4, -0.2) is 80.6 Å². The minimum Gasteiger partial charge on any atom is -0.342 e. The summed E-state index contributed by atoms with van der Waals surface area (Å²) in [4.78, 5) is 66.4. The highest BCUT2D eigenvalue weighted by molar-refractivity contribution is 5.87. The van der Waals surface area contributed by atoms with Crippen LogP contribution in [0.3, 0.4) is 0 Å². The van der Waals surface area contributed by atoms with Crippen LogP contribution in [0.5, 0.6) is 0 Å². The van der Waals surface area contributed by atoms with Crippen LogP contribution in [-0.2, 0) is 16.0 Å². The second-order valence-electron chi connectivity index (χ2n) is 16.8. The molecule has 2 amide bonds. The van der Waals surface area contributed by atoms with Crippen LogP contribution in [0.2, 0.25) is 0 Å². The average molecular weight is 802 g/mol. The lowest BCUT2D eigenvalue weighted by atomic mass is 9.90. The molecular formula is C47H51N11O2. The minimum atomic E-state index is -0.449. The zero-order valence-corrected chi connectivity index (χ0v) is 34.5. The monoisotopic (exact) mass is 801 g/mol. The van der Waals surface area contributed by atoms with Crippen molar-refractivity contribution in [1.29, 1.82) is 0 Å². The Balaban J connectivity index is 0.895. The molecular weight excluding hydrogens is 751 g/mol. The van der Waals surface area contributed by atoms with Gasteiger partial charge in [-0.3, -0.25) is 9.59 Å². The molecule has 2 aliphatic heterocycles. The molecule has 2 fully saturated rings. The van der Waals surface area contributed by atoms with Gasteiger partial charge in [-0.25, -0.2) is 29.9 Å². The summed E-state index contributed by atoms with van der Waals surface area (Å²) in [5.41, 5.74) is 8.01. The van der Waals surface area contributed by atoms with Crippen LogP contribution >= 0.6 is 0 Å². The number of anilines is 1. The third-order valence-electron chi connectivity index (χ3n) is 12.2. The van der Waals surface area contributed by atoms with Gasteiger partial charge >= 0.3 is 0 Å². The lowest BCUT2D eigenvalue weighted by Crippen LogP contribution is -2.45. The molecule has 0 aliphatic carbocycles. The summed E-state index contributed by atoms with van der Waals surface area (Å²) in [5.74, 6) is 2.97. The predicted octanol–water partition coefficient (Wildman–Crippen LogP) is 8.33. The van der Waals surface area contributed by atoms with Crippen LogP contribution in [0.25, 0.3) is 44.3 Å². The highest BCUT2D eigenvalue weighted by Crippen LogP contribution is 2.37. The number of carbonyl (C=O) groups excluding carboxylic acids is 2. The van der Waals surface area contributed by atoms with Gasteiger partial charge in [0.2, 0.25) is 17.8 Å². The Hall–Kier alpha value is -6.50. The van der Waals surface area contributed by atoms with E-state index in [1.165, 1.54) is 0 Å². The molecule has 6 heterocycles. The molecule has 60 heavy (non-hydrogen) atoms. The number of likely N-dealkylation sites (tertiary alicyclic amines) is 2. The molecule has 3 aromatic carbocycles. The third kappa shape index (κ3) is 7.83. The predicted molar refractivity (Wildman–Crippen MR) is 232 cm³/mol. The van der Waals surface area contributed by atoms with Gasteiger partial charge < -0.3 is 25.1 Å². The third-order valence-corrected chi connectivity index (χ3v) is 12.2. The Morgan fingerprint density at radius 2 is 1.13 bits per heavy atom. The SMILES string of the molecule is CC(C)[C@H](Cc1ncccn1)C(=O)N1CCC[C@H]1c1nc2ccc(-c3ccc(-c4ccc5nc([C@@H]6CCCN6C(=O)[C@@H](Nc6ncccn6)C(C)C)[nH]c5c4)cc3)cc2[nH]1. The maximum Gasteiger partial charge on any atom is 0.246 e. The van der Waals surface area contributed by atoms with Crippen molar-refractivity contribution in [1.82, 2.24) is 49.7 Å². The topological polar surface area (TPSA) is 162 Å². The fourth-order valence-corrected chi connectivity index (χ4v) is 8.88. The van der Waals surface area contributed by atoms with Gasteiger partial charge in [0, 0.05) is 50.2 Å². The molecule has 9 rings (SSSR count). The summed E-state index contributed by atoms with van der Waals surface area (Å²) < 4.78 is 0. The van der Waals surface area contributed by atoms with Crippen LogP contribution in [0, 0.1) is 17.8 Å². The minimum absolute atomic E-state index is 0.0337. The van der Waals surface area contributed by atoms with Crippen molar-refractivity contribution in [2.45, 2.75) is 77.9 Å². The van der Waals surface area contributed by atoms with Crippen molar-refractivity contribution in [2.24, 2.45) is 17.8 Å². The molecule has 3 N–H and O–H groups in total. The maximum atomic E-state index is 14.0. The number of H-pyrrole nitrogens is 2. The average Bonchev–Trinajstić information content (AvgIpc) is 4.10. The molecule has 4 aromatic heterocycles. The Morgan fingerprint density at radius 1 is 0.650 bits per heavy atom. The number of carbonyl (C=O) groups is 2. The first kappa shape index (κ1) is 39.0. The number of imidazole rings is 2. The molecule has 13 nitrogen and oxygen atoms in total. The number of benzene rings is 3. The molecule has 306 valence electrons. The lowest BCUT2D eigenvalue weighted by molar-refractivity contribution is -0.138. The molecule has 13 heteroatoms. The van der Waals surface area contributed by atoms with Gasteiger partial charge in [0.25, 0.3) is 0 Å². The summed E-state index contributed by atoms with van der Waals surface area (Å²) in [5, 5.41) is 3.27. The fourth-order valence-electron chi connectivity index (χ4n) is 8.88. The molecule has 0 bridgehead atoms. The van der Waals surface area contributed by atoms with Gasteiger partial charge in [-0.05, 0) is 96.2 Å². The van der Waals surface area contributed by atoms with Crippen molar-refractivity contribution >= 4 is 39.8 Å². The number of nitrogens with one attached hydrogen (secondary N) is 3. The van der Waals surface area contributed by atoms with Gasteiger partial charge in [0.05, 0.1) is 34.2 Å². The number of amides is 2. The van der Waals surface area contributed by atoms with E-state index >= 15 is 0 Å². The van der Waals surface area contributed by atoms with Crippen LogP contribution < -0.4 is 5.32 Å². The molecule has 7 aromatic rings. The van der Waals surface area contributed by atoms with E-state index in [1.54, 1.807) is 36.9 Å². The number of aromatic amines is 2. The second kappa shape index (κ2) is 16.6. The van der Waals surface area contributed by atoms with E-state index in [2.05, 4.69) is 104 Å². The van der Waals surface area contributed by atoms with E-state index in [9.17, 15) is 9.59 Å². The Morgan fingerprint density at radius 3 is 1.63 bits per heavy atom. The first-order chi connectivity index (χ1) is 29.2. The van der Waals surface area contributed by atoms with Crippen LogP contribution in [0.1, 0.15) is 82.9 Å². The van der Waals surface area contributed by atoms with Gasteiger partial charge in [0.15, 0.2) is 0 Å². The second-order valence-corrected chi connectivity index (χ2v) is 16.8. The summed E-state index contributed by atoms with van der Waals surface area (Å²) in [6.45, 7) is 9.66. The van der Waals surface area contributed by atoms with Crippen molar-refractivity contribution < 1.29 is 9.59 Å². The Labute approximate surface area is 349 Å². The summed E-state index contributed by atoms with van der Waals surface area (Å²) >= 11 is 0. The van der Waals surface area contributed by atoms with Crippen LogP contribution in [0.4, 0.5) is 5.95 Å².